The Balaban J connectivity index is 3.77. The minimum atomic E-state index is -1.12. The van der Waals surface area contributed by atoms with Gasteiger partial charge in [0.1, 0.15) is 6.04 Å². The lowest BCUT2D eigenvalue weighted by Crippen LogP contribution is -2.43. The number of carbonyl (C=O) groups excluding carboxylic acids is 2. The summed E-state index contributed by atoms with van der Waals surface area (Å²) in [5.41, 5.74) is 0. The van der Waals surface area contributed by atoms with Crippen molar-refractivity contribution in [3.63, 3.8) is 0 Å². The molecule has 0 heterocycles. The molecule has 0 fully saturated rings. The molecular formula is C35H67NO5. The topological polar surface area (TPSA) is 92.7 Å². The highest BCUT2D eigenvalue weighted by Gasteiger charge is 2.25. The Morgan fingerprint density at radius 3 is 1.24 bits per heavy atom. The monoisotopic (exact) mass is 582 g/mol. The van der Waals surface area contributed by atoms with E-state index in [4.69, 9.17) is 4.74 Å². The summed E-state index contributed by atoms with van der Waals surface area (Å²) in [6.45, 7) is 4.78. The van der Waals surface area contributed by atoms with E-state index in [9.17, 15) is 19.5 Å². The Hall–Kier alpha value is -1.59. The molecule has 6 nitrogen and oxygen atoms in total. The van der Waals surface area contributed by atoms with E-state index in [0.717, 1.165) is 38.5 Å². The van der Waals surface area contributed by atoms with Gasteiger partial charge in [0, 0.05) is 6.42 Å². The third-order valence-corrected chi connectivity index (χ3v) is 8.00. The van der Waals surface area contributed by atoms with Gasteiger partial charge in [0.05, 0.1) is 13.0 Å². The molecule has 0 aromatic rings. The maximum atomic E-state index is 12.4. The standard InChI is InChI=1S/C35H67NO5/c1-3-5-7-9-11-13-15-17-18-20-22-24-26-28-30-41-35(40)32(31-34(38)39)36-33(37)29-27-25-23-21-19-16-14-12-10-8-6-4-2/h32H,3-31H2,1-2H3,(H,36,37)(H,38,39). The van der Waals surface area contributed by atoms with Crippen LogP contribution in [0, 0.1) is 0 Å². The maximum absolute atomic E-state index is 12.4. The highest BCUT2D eigenvalue weighted by Crippen LogP contribution is 2.14. The van der Waals surface area contributed by atoms with Gasteiger partial charge in [-0.05, 0) is 12.8 Å². The fourth-order valence-electron chi connectivity index (χ4n) is 5.33. The number of hydrogen-bond donors (Lipinski definition) is 2. The van der Waals surface area contributed by atoms with Gasteiger partial charge in [0.2, 0.25) is 5.91 Å². The molecule has 0 aliphatic rings. The molecule has 0 saturated heterocycles. The zero-order valence-corrected chi connectivity index (χ0v) is 27.2. The molecule has 242 valence electrons. The Morgan fingerprint density at radius 1 is 0.537 bits per heavy atom. The van der Waals surface area contributed by atoms with Crippen molar-refractivity contribution >= 4 is 17.8 Å². The SMILES string of the molecule is CCCCCCCCCCCCCCCCOC(=O)C(CC(=O)O)NC(=O)CCCCCCCCCCCCCC. The van der Waals surface area contributed by atoms with Crippen LogP contribution in [0.2, 0.25) is 0 Å². The first-order chi connectivity index (χ1) is 20.0. The number of unbranched alkanes of at least 4 members (excludes halogenated alkanes) is 24. The number of carboxylic acids is 1. The predicted octanol–water partition coefficient (Wildman–Crippen LogP) is 10.1. The number of nitrogens with one attached hydrogen (secondary N) is 1. The van der Waals surface area contributed by atoms with Crippen LogP contribution >= 0.6 is 0 Å². The van der Waals surface area contributed by atoms with E-state index in [-0.39, 0.29) is 12.5 Å². The van der Waals surface area contributed by atoms with Crippen LogP contribution < -0.4 is 5.32 Å². The summed E-state index contributed by atoms with van der Waals surface area (Å²) < 4.78 is 5.31. The lowest BCUT2D eigenvalue weighted by Gasteiger charge is -2.16. The molecule has 0 rings (SSSR count). The summed E-state index contributed by atoms with van der Waals surface area (Å²) in [7, 11) is 0. The molecule has 1 atom stereocenters. The minimum Gasteiger partial charge on any atom is -0.481 e. The van der Waals surface area contributed by atoms with E-state index in [1.54, 1.807) is 0 Å². The smallest absolute Gasteiger partial charge is 0.329 e. The Labute approximate surface area is 253 Å². The molecule has 1 unspecified atom stereocenters. The van der Waals surface area contributed by atoms with Gasteiger partial charge in [-0.25, -0.2) is 4.79 Å². The first kappa shape index (κ1) is 39.4. The molecule has 0 spiro atoms. The summed E-state index contributed by atoms with van der Waals surface area (Å²) in [6.07, 6.45) is 32.1. The van der Waals surface area contributed by atoms with Gasteiger partial charge in [0.15, 0.2) is 0 Å². The van der Waals surface area contributed by atoms with Gasteiger partial charge in [-0.2, -0.15) is 0 Å². The third kappa shape index (κ3) is 29.7. The van der Waals surface area contributed by atoms with Crippen molar-refractivity contribution in [2.75, 3.05) is 6.61 Å². The summed E-state index contributed by atoms with van der Waals surface area (Å²) in [5.74, 6) is -2.02. The second-order valence-electron chi connectivity index (χ2n) is 12.1. The van der Waals surface area contributed by atoms with E-state index in [1.165, 1.54) is 128 Å². The number of rotatable bonds is 32. The molecular weight excluding hydrogens is 514 g/mol. The van der Waals surface area contributed by atoms with E-state index >= 15 is 0 Å². The van der Waals surface area contributed by atoms with Gasteiger partial charge in [-0.1, -0.05) is 168 Å². The van der Waals surface area contributed by atoms with Crippen LogP contribution in [0.5, 0.6) is 0 Å². The zero-order chi connectivity index (χ0) is 30.2. The van der Waals surface area contributed by atoms with Crippen molar-refractivity contribution in [2.24, 2.45) is 0 Å². The fourth-order valence-corrected chi connectivity index (χ4v) is 5.33. The first-order valence-electron chi connectivity index (χ1n) is 17.7. The van der Waals surface area contributed by atoms with Crippen LogP contribution in [0.25, 0.3) is 0 Å². The number of hydrogen-bond acceptors (Lipinski definition) is 4. The van der Waals surface area contributed by atoms with Crippen LogP contribution in [-0.2, 0) is 19.1 Å². The summed E-state index contributed by atoms with van der Waals surface area (Å²) in [5, 5.41) is 11.8. The number of ether oxygens (including phenoxy) is 1. The largest absolute Gasteiger partial charge is 0.481 e. The van der Waals surface area contributed by atoms with Gasteiger partial charge in [-0.15, -0.1) is 0 Å². The first-order valence-corrected chi connectivity index (χ1v) is 17.7. The van der Waals surface area contributed by atoms with E-state index in [1.807, 2.05) is 0 Å². The molecule has 0 saturated carbocycles. The summed E-state index contributed by atoms with van der Waals surface area (Å²) in [4.78, 5) is 36.0. The summed E-state index contributed by atoms with van der Waals surface area (Å²) >= 11 is 0. The van der Waals surface area contributed by atoms with E-state index in [0.29, 0.717) is 6.42 Å². The maximum Gasteiger partial charge on any atom is 0.329 e. The predicted molar refractivity (Wildman–Crippen MR) is 171 cm³/mol. The number of amides is 1. The Kier molecular flexibility index (Phi) is 30.1. The average Bonchev–Trinajstić information content (AvgIpc) is 2.95. The van der Waals surface area contributed by atoms with Crippen molar-refractivity contribution in [3.05, 3.63) is 0 Å². The van der Waals surface area contributed by atoms with Crippen molar-refractivity contribution in [1.29, 1.82) is 0 Å². The second-order valence-corrected chi connectivity index (χ2v) is 12.1. The molecule has 0 aliphatic heterocycles. The van der Waals surface area contributed by atoms with Gasteiger partial charge in [-0.3, -0.25) is 9.59 Å². The molecule has 41 heavy (non-hydrogen) atoms. The molecule has 0 aromatic carbocycles. The molecule has 0 radical (unpaired) electrons. The third-order valence-electron chi connectivity index (χ3n) is 8.00. The molecule has 6 heteroatoms. The lowest BCUT2D eigenvalue weighted by molar-refractivity contribution is -0.151. The van der Waals surface area contributed by atoms with Crippen LogP contribution in [0.3, 0.4) is 0 Å². The normalized spacial score (nSPS) is 11.9. The highest BCUT2D eigenvalue weighted by molar-refractivity contribution is 5.87. The number of esters is 1. The molecule has 0 aromatic heterocycles. The minimum absolute atomic E-state index is 0.267. The van der Waals surface area contributed by atoms with Crippen LogP contribution in [0.1, 0.15) is 194 Å². The Morgan fingerprint density at radius 2 is 0.878 bits per heavy atom. The zero-order valence-electron chi connectivity index (χ0n) is 27.2. The molecule has 0 aliphatic carbocycles. The quantitative estimate of drug-likeness (QED) is 0.0609. The lowest BCUT2D eigenvalue weighted by atomic mass is 10.0. The number of carboxylic acid groups (broad SMARTS) is 1. The molecule has 0 bridgehead atoms. The van der Waals surface area contributed by atoms with E-state index < -0.39 is 24.4 Å². The van der Waals surface area contributed by atoms with Crippen LogP contribution in [0.15, 0.2) is 0 Å². The number of aliphatic carboxylic acids is 1. The van der Waals surface area contributed by atoms with Crippen molar-refractivity contribution in [3.8, 4) is 0 Å². The molecule has 2 N–H and O–H groups in total. The van der Waals surface area contributed by atoms with Crippen molar-refractivity contribution < 1.29 is 24.2 Å². The van der Waals surface area contributed by atoms with Crippen molar-refractivity contribution in [2.45, 2.75) is 200 Å². The second kappa shape index (κ2) is 31.3. The van der Waals surface area contributed by atoms with Gasteiger partial charge in [0.25, 0.3) is 0 Å². The highest BCUT2D eigenvalue weighted by atomic mass is 16.5. The van der Waals surface area contributed by atoms with E-state index in [2.05, 4.69) is 19.2 Å². The Bertz CT molecular complexity index is 609. The van der Waals surface area contributed by atoms with Gasteiger partial charge >= 0.3 is 11.9 Å². The molecule has 1 amide bonds. The number of carbonyl (C=O) groups is 3. The average molecular weight is 582 g/mol. The van der Waals surface area contributed by atoms with Crippen LogP contribution in [0.4, 0.5) is 0 Å². The summed E-state index contributed by atoms with van der Waals surface area (Å²) in [6, 6.07) is -1.11. The van der Waals surface area contributed by atoms with Gasteiger partial charge < -0.3 is 15.2 Å². The van der Waals surface area contributed by atoms with Crippen molar-refractivity contribution in [1.82, 2.24) is 5.32 Å². The van der Waals surface area contributed by atoms with Crippen LogP contribution in [-0.4, -0.2) is 35.6 Å². The fraction of sp³-hybridized carbons (Fsp3) is 0.914.